The number of nitriles is 1. The largest absolute Gasteiger partial charge is 0.488 e. The Morgan fingerprint density at radius 3 is 2.42 bits per heavy atom. The maximum Gasteiger partial charge on any atom is 0.127 e. The van der Waals surface area contributed by atoms with Gasteiger partial charge in [0.05, 0.1) is 12.5 Å². The molecule has 0 radical (unpaired) electrons. The van der Waals surface area contributed by atoms with Gasteiger partial charge in [-0.1, -0.05) is 66.7 Å². The van der Waals surface area contributed by atoms with Crippen LogP contribution in [0.25, 0.3) is 11.1 Å². The van der Waals surface area contributed by atoms with E-state index in [2.05, 4.69) is 36.4 Å². The predicted molar refractivity (Wildman–Crippen MR) is 96.7 cm³/mol. The monoisotopic (exact) mass is 313 g/mol. The highest BCUT2D eigenvalue weighted by atomic mass is 16.5. The normalized spacial score (nSPS) is 10.2. The number of aryl methyl sites for hydroxylation is 1. The van der Waals surface area contributed by atoms with E-state index in [0.717, 1.165) is 33.6 Å². The van der Waals surface area contributed by atoms with Gasteiger partial charge in [-0.2, -0.15) is 5.26 Å². The minimum atomic E-state index is 0.443. The molecule has 0 aliphatic carbocycles. The second kappa shape index (κ2) is 7.48. The molecule has 3 aromatic carbocycles. The number of nitrogens with zero attached hydrogens (tertiary/aromatic N) is 1. The van der Waals surface area contributed by atoms with Gasteiger partial charge in [0.15, 0.2) is 0 Å². The molecule has 0 bridgehead atoms. The fourth-order valence-electron chi connectivity index (χ4n) is 2.71. The summed E-state index contributed by atoms with van der Waals surface area (Å²) < 4.78 is 6.04. The fourth-order valence-corrected chi connectivity index (χ4v) is 2.71. The molecule has 0 spiro atoms. The van der Waals surface area contributed by atoms with Crippen molar-refractivity contribution >= 4 is 0 Å². The molecule has 24 heavy (non-hydrogen) atoms. The Bertz CT molecular complexity index is 863. The van der Waals surface area contributed by atoms with Gasteiger partial charge in [-0.3, -0.25) is 0 Å². The molecule has 0 saturated carbocycles. The van der Waals surface area contributed by atoms with Crippen molar-refractivity contribution in [3.8, 4) is 22.9 Å². The van der Waals surface area contributed by atoms with Gasteiger partial charge >= 0.3 is 0 Å². The van der Waals surface area contributed by atoms with E-state index >= 15 is 0 Å². The van der Waals surface area contributed by atoms with Crippen molar-refractivity contribution in [1.29, 1.82) is 5.26 Å². The topological polar surface area (TPSA) is 33.0 Å². The number of ether oxygens (including phenoxy) is 1. The number of benzene rings is 3. The number of hydrogen-bond acceptors (Lipinski definition) is 2. The zero-order valence-electron chi connectivity index (χ0n) is 13.7. The van der Waals surface area contributed by atoms with E-state index in [1.807, 2.05) is 49.4 Å². The fraction of sp³-hybridized carbons (Fsp3) is 0.136. The Morgan fingerprint density at radius 1 is 0.917 bits per heavy atom. The lowest BCUT2D eigenvalue weighted by Crippen LogP contribution is -1.97. The molecule has 0 heterocycles. The summed E-state index contributed by atoms with van der Waals surface area (Å²) in [4.78, 5) is 0. The summed E-state index contributed by atoms with van der Waals surface area (Å²) in [6.45, 7) is 2.59. The first-order valence-electron chi connectivity index (χ1n) is 8.00. The van der Waals surface area contributed by atoms with Crippen molar-refractivity contribution in [3.05, 3.63) is 89.5 Å². The SMILES string of the molecule is Cc1cc(-c2ccccc2OCc2ccccc2)ccc1CC#N. The van der Waals surface area contributed by atoms with Crippen molar-refractivity contribution < 1.29 is 4.74 Å². The molecule has 0 aliphatic rings. The second-order valence-electron chi connectivity index (χ2n) is 5.75. The molecule has 0 unspecified atom stereocenters. The summed E-state index contributed by atoms with van der Waals surface area (Å²) in [5.41, 5.74) is 5.53. The van der Waals surface area contributed by atoms with Crippen molar-refractivity contribution in [2.75, 3.05) is 0 Å². The van der Waals surface area contributed by atoms with Crippen LogP contribution in [0.1, 0.15) is 16.7 Å². The lowest BCUT2D eigenvalue weighted by Gasteiger charge is -2.13. The third-order valence-corrected chi connectivity index (χ3v) is 4.05. The average Bonchev–Trinajstić information content (AvgIpc) is 2.63. The molecular weight excluding hydrogens is 294 g/mol. The van der Waals surface area contributed by atoms with Crippen LogP contribution in [0, 0.1) is 18.3 Å². The lowest BCUT2D eigenvalue weighted by atomic mass is 9.98. The van der Waals surface area contributed by atoms with Crippen LogP contribution in [-0.4, -0.2) is 0 Å². The van der Waals surface area contributed by atoms with E-state index in [-0.39, 0.29) is 0 Å². The van der Waals surface area contributed by atoms with Gasteiger partial charge in [-0.25, -0.2) is 0 Å². The van der Waals surface area contributed by atoms with Gasteiger partial charge in [-0.05, 0) is 35.2 Å². The first-order chi connectivity index (χ1) is 11.8. The molecule has 0 saturated heterocycles. The first-order valence-corrected chi connectivity index (χ1v) is 8.00. The van der Waals surface area contributed by atoms with E-state index in [9.17, 15) is 0 Å². The third-order valence-electron chi connectivity index (χ3n) is 4.05. The summed E-state index contributed by atoms with van der Waals surface area (Å²) >= 11 is 0. The van der Waals surface area contributed by atoms with Crippen molar-refractivity contribution in [2.24, 2.45) is 0 Å². The van der Waals surface area contributed by atoms with Crippen LogP contribution < -0.4 is 4.74 Å². The molecule has 0 aromatic heterocycles. The average molecular weight is 313 g/mol. The zero-order chi connectivity index (χ0) is 16.8. The molecule has 0 aliphatic heterocycles. The van der Waals surface area contributed by atoms with E-state index in [4.69, 9.17) is 10.00 Å². The summed E-state index contributed by atoms with van der Waals surface area (Å²) in [6.07, 6.45) is 0.443. The van der Waals surface area contributed by atoms with Crippen LogP contribution in [0.5, 0.6) is 5.75 Å². The smallest absolute Gasteiger partial charge is 0.127 e. The Hall–Kier alpha value is -3.05. The Morgan fingerprint density at radius 2 is 1.67 bits per heavy atom. The molecule has 3 rings (SSSR count). The van der Waals surface area contributed by atoms with Crippen LogP contribution in [-0.2, 0) is 13.0 Å². The van der Waals surface area contributed by atoms with E-state index in [1.54, 1.807) is 0 Å². The highest BCUT2D eigenvalue weighted by molar-refractivity contribution is 5.71. The molecule has 118 valence electrons. The van der Waals surface area contributed by atoms with Gasteiger partial charge in [-0.15, -0.1) is 0 Å². The van der Waals surface area contributed by atoms with Gasteiger partial charge in [0, 0.05) is 5.56 Å². The Kier molecular flexibility index (Phi) is 4.93. The quantitative estimate of drug-likeness (QED) is 0.639. The highest BCUT2D eigenvalue weighted by Crippen LogP contribution is 2.31. The number of rotatable bonds is 5. The van der Waals surface area contributed by atoms with Crippen LogP contribution in [0.4, 0.5) is 0 Å². The molecule has 0 atom stereocenters. The second-order valence-corrected chi connectivity index (χ2v) is 5.75. The Balaban J connectivity index is 1.86. The van der Waals surface area contributed by atoms with Crippen molar-refractivity contribution in [1.82, 2.24) is 0 Å². The van der Waals surface area contributed by atoms with E-state index in [0.29, 0.717) is 13.0 Å². The van der Waals surface area contributed by atoms with Crippen molar-refractivity contribution in [3.63, 3.8) is 0 Å². The standard InChI is InChI=1S/C22H19NO/c1-17-15-20(12-11-19(17)13-14-23)21-9-5-6-10-22(21)24-16-18-7-3-2-4-8-18/h2-12,15H,13,16H2,1H3. The van der Waals surface area contributed by atoms with Crippen LogP contribution in [0.15, 0.2) is 72.8 Å². The maximum atomic E-state index is 8.88. The molecule has 2 heteroatoms. The van der Waals surface area contributed by atoms with Gasteiger partial charge in [0.1, 0.15) is 12.4 Å². The highest BCUT2D eigenvalue weighted by Gasteiger charge is 2.08. The number of hydrogen-bond donors (Lipinski definition) is 0. The Labute approximate surface area is 143 Å². The van der Waals surface area contributed by atoms with Gasteiger partial charge < -0.3 is 4.74 Å². The molecule has 0 N–H and O–H groups in total. The summed E-state index contributed by atoms with van der Waals surface area (Å²) in [5, 5.41) is 8.88. The van der Waals surface area contributed by atoms with Gasteiger partial charge in [0.25, 0.3) is 0 Å². The van der Waals surface area contributed by atoms with Gasteiger partial charge in [0.2, 0.25) is 0 Å². The number of para-hydroxylation sites is 1. The van der Waals surface area contributed by atoms with Crippen LogP contribution >= 0.6 is 0 Å². The molecule has 2 nitrogen and oxygen atoms in total. The summed E-state index contributed by atoms with van der Waals surface area (Å²) in [7, 11) is 0. The van der Waals surface area contributed by atoms with Crippen LogP contribution in [0.2, 0.25) is 0 Å². The zero-order valence-corrected chi connectivity index (χ0v) is 13.7. The minimum Gasteiger partial charge on any atom is -0.488 e. The first kappa shape index (κ1) is 15.8. The molecule has 3 aromatic rings. The minimum absolute atomic E-state index is 0.443. The van der Waals surface area contributed by atoms with E-state index < -0.39 is 0 Å². The molecular formula is C22H19NO. The third kappa shape index (κ3) is 3.64. The molecule has 0 fully saturated rings. The summed E-state index contributed by atoms with van der Waals surface area (Å²) in [6, 6.07) is 26.6. The lowest BCUT2D eigenvalue weighted by molar-refractivity contribution is 0.307. The van der Waals surface area contributed by atoms with E-state index in [1.165, 1.54) is 0 Å². The predicted octanol–water partition coefficient (Wildman–Crippen LogP) is 5.31. The van der Waals surface area contributed by atoms with Crippen LogP contribution in [0.3, 0.4) is 0 Å². The van der Waals surface area contributed by atoms with Crippen molar-refractivity contribution in [2.45, 2.75) is 20.0 Å². The maximum absolute atomic E-state index is 8.88. The summed E-state index contributed by atoms with van der Waals surface area (Å²) in [5.74, 6) is 0.869. The molecule has 0 amide bonds.